The highest BCUT2D eigenvalue weighted by Gasteiger charge is 2.56. The van der Waals surface area contributed by atoms with Crippen molar-refractivity contribution in [3.63, 3.8) is 0 Å². The van der Waals surface area contributed by atoms with Crippen LogP contribution in [-0.2, 0) is 14.2 Å². The summed E-state index contributed by atoms with van der Waals surface area (Å²) in [5.74, 6) is -2.37. The van der Waals surface area contributed by atoms with Crippen LogP contribution >= 0.6 is 0 Å². The number of ether oxygens (including phenoxy) is 3. The number of hydrogen-bond acceptors (Lipinski definition) is 11. The molecule has 2 saturated heterocycles. The average molecular weight is 342 g/mol. The van der Waals surface area contributed by atoms with Crippen molar-refractivity contribution in [1.29, 1.82) is 0 Å². The molecule has 0 unspecified atom stereocenters. The van der Waals surface area contributed by atoms with Crippen LogP contribution in [0.4, 0.5) is 0 Å². The zero-order valence-corrected chi connectivity index (χ0v) is 12.0. The van der Waals surface area contributed by atoms with Crippen LogP contribution in [-0.4, -0.2) is 115 Å². The Labute approximate surface area is 130 Å². The second-order valence-electron chi connectivity index (χ2n) is 5.58. The Morgan fingerprint density at radius 3 is 2.00 bits per heavy atom. The first-order chi connectivity index (χ1) is 10.8. The third-order valence-electron chi connectivity index (χ3n) is 4.04. The van der Waals surface area contributed by atoms with Gasteiger partial charge in [0.2, 0.25) is 5.79 Å². The number of aliphatic hydroxyl groups is 8. The lowest BCUT2D eigenvalue weighted by molar-refractivity contribution is -0.318. The fourth-order valence-electron chi connectivity index (χ4n) is 2.63. The van der Waals surface area contributed by atoms with E-state index in [0.717, 1.165) is 0 Å². The van der Waals surface area contributed by atoms with Gasteiger partial charge >= 0.3 is 0 Å². The maximum Gasteiger partial charge on any atom is 0.219 e. The molecule has 0 aromatic heterocycles. The first-order valence-electron chi connectivity index (χ1n) is 7.05. The first-order valence-corrected chi connectivity index (χ1v) is 7.05. The molecule has 0 aromatic rings. The van der Waals surface area contributed by atoms with Crippen molar-refractivity contribution in [2.75, 3.05) is 19.8 Å². The molecule has 23 heavy (non-hydrogen) atoms. The Morgan fingerprint density at radius 1 is 0.870 bits per heavy atom. The van der Waals surface area contributed by atoms with E-state index in [-0.39, 0.29) is 0 Å². The largest absolute Gasteiger partial charge is 0.394 e. The fourth-order valence-corrected chi connectivity index (χ4v) is 2.63. The lowest BCUT2D eigenvalue weighted by Gasteiger charge is -2.41. The van der Waals surface area contributed by atoms with Crippen molar-refractivity contribution in [3.8, 4) is 0 Å². The summed E-state index contributed by atoms with van der Waals surface area (Å²) >= 11 is 0. The molecule has 2 fully saturated rings. The Hall–Kier alpha value is -0.440. The normalized spacial score (nSPS) is 51.1. The SMILES string of the molecule is OC[C@@H]1O[C@@H](O[C@@H]2[C@H](CO)O[C@@](O)(CO)[C@H]2O)[C@@H](O)[C@H](O)[C@@H]1O. The number of hydrogen-bond donors (Lipinski definition) is 8. The van der Waals surface area contributed by atoms with Gasteiger partial charge in [-0.3, -0.25) is 0 Å². The number of aliphatic hydroxyl groups excluding tert-OH is 7. The molecule has 0 aromatic carbocycles. The Kier molecular flexibility index (Phi) is 5.92. The van der Waals surface area contributed by atoms with E-state index in [1.807, 2.05) is 0 Å². The second kappa shape index (κ2) is 7.21. The van der Waals surface area contributed by atoms with Crippen LogP contribution in [0.1, 0.15) is 0 Å². The van der Waals surface area contributed by atoms with Gasteiger partial charge in [-0.05, 0) is 0 Å². The third kappa shape index (κ3) is 3.36. The molecule has 136 valence electrons. The zero-order valence-electron chi connectivity index (χ0n) is 12.0. The second-order valence-corrected chi connectivity index (χ2v) is 5.58. The van der Waals surface area contributed by atoms with Gasteiger partial charge in [-0.25, -0.2) is 0 Å². The van der Waals surface area contributed by atoms with Crippen LogP contribution in [0, 0.1) is 0 Å². The lowest BCUT2D eigenvalue weighted by Crippen LogP contribution is -2.60. The third-order valence-corrected chi connectivity index (χ3v) is 4.04. The molecule has 0 aliphatic carbocycles. The summed E-state index contributed by atoms with van der Waals surface area (Å²) in [6.45, 7) is -2.32. The van der Waals surface area contributed by atoms with E-state index >= 15 is 0 Å². The van der Waals surface area contributed by atoms with Crippen LogP contribution in [0.25, 0.3) is 0 Å². The maximum absolute atomic E-state index is 10.00. The molecule has 2 heterocycles. The van der Waals surface area contributed by atoms with Crippen LogP contribution < -0.4 is 0 Å². The molecule has 8 N–H and O–H groups in total. The Morgan fingerprint density at radius 2 is 1.48 bits per heavy atom. The van der Waals surface area contributed by atoms with Crippen LogP contribution in [0.3, 0.4) is 0 Å². The van der Waals surface area contributed by atoms with Crippen molar-refractivity contribution >= 4 is 0 Å². The van der Waals surface area contributed by atoms with Crippen LogP contribution in [0.15, 0.2) is 0 Å². The monoisotopic (exact) mass is 342 g/mol. The molecule has 0 spiro atoms. The summed E-state index contributed by atoms with van der Waals surface area (Å²) in [6.07, 6.45) is -12.2. The van der Waals surface area contributed by atoms with Gasteiger partial charge in [-0.1, -0.05) is 0 Å². The summed E-state index contributed by atoms with van der Waals surface area (Å²) < 4.78 is 15.3. The summed E-state index contributed by atoms with van der Waals surface area (Å²) in [4.78, 5) is 0. The van der Waals surface area contributed by atoms with Crippen molar-refractivity contribution in [2.45, 2.75) is 54.8 Å². The molecule has 0 saturated carbocycles. The van der Waals surface area contributed by atoms with E-state index in [2.05, 4.69) is 0 Å². The summed E-state index contributed by atoms with van der Waals surface area (Å²) in [5, 5.41) is 76.5. The van der Waals surface area contributed by atoms with E-state index in [1.165, 1.54) is 0 Å². The molecule has 11 heteroatoms. The van der Waals surface area contributed by atoms with Gasteiger partial charge in [-0.2, -0.15) is 0 Å². The molecule has 0 amide bonds. The molecule has 11 nitrogen and oxygen atoms in total. The zero-order chi connectivity index (χ0) is 17.4. The predicted octanol–water partition coefficient (Wildman–Crippen LogP) is -5.40. The van der Waals surface area contributed by atoms with E-state index in [0.29, 0.717) is 0 Å². The van der Waals surface area contributed by atoms with E-state index in [9.17, 15) is 30.6 Å². The highest BCUT2D eigenvalue weighted by Crippen LogP contribution is 2.33. The van der Waals surface area contributed by atoms with E-state index < -0.39 is 74.6 Å². The van der Waals surface area contributed by atoms with Gasteiger partial charge in [0.05, 0.1) is 19.8 Å². The minimum Gasteiger partial charge on any atom is -0.394 e. The van der Waals surface area contributed by atoms with Gasteiger partial charge in [0.25, 0.3) is 0 Å². The highest BCUT2D eigenvalue weighted by molar-refractivity contribution is 4.98. The summed E-state index contributed by atoms with van der Waals surface area (Å²) in [7, 11) is 0. The molecular formula is C12H22O11. The van der Waals surface area contributed by atoms with Crippen LogP contribution in [0.2, 0.25) is 0 Å². The molecule has 0 bridgehead atoms. The van der Waals surface area contributed by atoms with E-state index in [1.54, 1.807) is 0 Å². The minimum absolute atomic E-state index is 0.668. The van der Waals surface area contributed by atoms with Gasteiger partial charge in [0, 0.05) is 0 Å². The fraction of sp³-hybridized carbons (Fsp3) is 1.00. The summed E-state index contributed by atoms with van der Waals surface area (Å²) in [6, 6.07) is 0. The van der Waals surface area contributed by atoms with E-state index in [4.69, 9.17) is 24.4 Å². The Balaban J connectivity index is 2.13. The molecule has 2 rings (SSSR count). The standard InChI is InChI=1S/C12H22O11/c13-1-4-6(16)7(17)8(18)11(21-4)22-9-5(2-14)23-12(20,3-15)10(9)19/h4-11,13-20H,1-3H2/t4-,5-,6+,7+,8-,9+,10-,11-,12-/m0/s1. The molecule has 2 aliphatic rings. The minimum atomic E-state index is -2.37. The number of rotatable bonds is 5. The topological polar surface area (TPSA) is 190 Å². The quantitative estimate of drug-likeness (QED) is 0.238. The van der Waals surface area contributed by atoms with Crippen molar-refractivity contribution in [2.24, 2.45) is 0 Å². The molecular weight excluding hydrogens is 320 g/mol. The highest BCUT2D eigenvalue weighted by atomic mass is 16.7. The van der Waals surface area contributed by atoms with Crippen molar-refractivity contribution < 1.29 is 55.1 Å². The van der Waals surface area contributed by atoms with Crippen molar-refractivity contribution in [1.82, 2.24) is 0 Å². The molecule has 0 radical (unpaired) electrons. The Bertz CT molecular complexity index is 393. The molecule has 2 aliphatic heterocycles. The average Bonchev–Trinajstić information content (AvgIpc) is 2.80. The van der Waals surface area contributed by atoms with Gasteiger partial charge in [0.1, 0.15) is 42.7 Å². The lowest BCUT2D eigenvalue weighted by atomic mass is 9.99. The first kappa shape index (κ1) is 18.9. The van der Waals surface area contributed by atoms with Crippen molar-refractivity contribution in [3.05, 3.63) is 0 Å². The predicted molar refractivity (Wildman–Crippen MR) is 68.6 cm³/mol. The molecule has 9 atom stereocenters. The van der Waals surface area contributed by atoms with Crippen LogP contribution in [0.5, 0.6) is 0 Å². The van der Waals surface area contributed by atoms with Gasteiger partial charge in [-0.15, -0.1) is 0 Å². The van der Waals surface area contributed by atoms with Gasteiger partial charge < -0.3 is 55.1 Å². The maximum atomic E-state index is 10.00. The summed E-state index contributed by atoms with van der Waals surface area (Å²) in [5.41, 5.74) is 0. The van der Waals surface area contributed by atoms with Gasteiger partial charge in [0.15, 0.2) is 6.29 Å². The smallest absolute Gasteiger partial charge is 0.219 e.